The van der Waals surface area contributed by atoms with Gasteiger partial charge in [0.25, 0.3) is 0 Å². The topological polar surface area (TPSA) is 49.0 Å². The molecule has 0 bridgehead atoms. The monoisotopic (exact) mass is 505 g/mol. The molecule has 2 aliphatic rings. The highest BCUT2D eigenvalue weighted by Crippen LogP contribution is 2.46. The molecule has 37 heavy (non-hydrogen) atoms. The molecule has 1 unspecified atom stereocenters. The van der Waals surface area contributed by atoms with E-state index in [0.717, 1.165) is 39.1 Å². The van der Waals surface area contributed by atoms with E-state index in [1.807, 2.05) is 79.7 Å². The molecule has 7 heteroatoms. The highest BCUT2D eigenvalue weighted by molar-refractivity contribution is 5.91. The van der Waals surface area contributed by atoms with Crippen LogP contribution in [0.5, 0.6) is 17.2 Å². The van der Waals surface area contributed by atoms with Crippen molar-refractivity contribution in [2.24, 2.45) is 0 Å². The van der Waals surface area contributed by atoms with Gasteiger partial charge in [-0.15, -0.1) is 0 Å². The highest BCUT2D eigenvalue weighted by Gasteiger charge is 2.39. The van der Waals surface area contributed by atoms with Crippen molar-refractivity contribution in [3.63, 3.8) is 0 Å². The van der Waals surface area contributed by atoms with Crippen LogP contribution < -0.4 is 19.5 Å². The quantitative estimate of drug-likeness (QED) is 0.341. The molecule has 0 amide bonds. The first-order chi connectivity index (χ1) is 18.0. The Morgan fingerprint density at radius 3 is 2.54 bits per heavy atom. The van der Waals surface area contributed by atoms with E-state index in [0.29, 0.717) is 36.6 Å². The molecular formula is C30H29F2NO4. The number of rotatable bonds is 8. The third-order valence-corrected chi connectivity index (χ3v) is 6.78. The molecule has 192 valence electrons. The van der Waals surface area contributed by atoms with Crippen LogP contribution in [0, 0.1) is 0 Å². The maximum atomic E-state index is 13.5. The fraction of sp³-hybridized carbons (Fsp3) is 0.267. The van der Waals surface area contributed by atoms with Gasteiger partial charge in [-0.05, 0) is 58.6 Å². The van der Waals surface area contributed by atoms with Crippen LogP contribution in [0.15, 0.2) is 72.8 Å². The van der Waals surface area contributed by atoms with Crippen LogP contribution in [0.4, 0.5) is 8.78 Å². The van der Waals surface area contributed by atoms with E-state index in [2.05, 4.69) is 5.32 Å². The van der Waals surface area contributed by atoms with E-state index < -0.39 is 12.3 Å². The molecule has 0 aromatic heterocycles. The first kappa shape index (κ1) is 25.0. The molecule has 0 radical (unpaired) electrons. The maximum absolute atomic E-state index is 13.5. The number of fused-ring (bicyclic) bond motifs is 3. The van der Waals surface area contributed by atoms with Gasteiger partial charge in [0, 0.05) is 17.6 Å². The Kier molecular flexibility index (Phi) is 7.00. The molecule has 0 fully saturated rings. The van der Waals surface area contributed by atoms with Crippen LogP contribution in [-0.2, 0) is 11.3 Å². The van der Waals surface area contributed by atoms with Gasteiger partial charge in [-0.1, -0.05) is 55.5 Å². The Balaban J connectivity index is 1.60. The molecule has 3 aromatic carbocycles. The van der Waals surface area contributed by atoms with Crippen molar-refractivity contribution in [2.75, 3.05) is 20.8 Å². The second kappa shape index (κ2) is 10.4. The van der Waals surface area contributed by atoms with Crippen LogP contribution in [0.1, 0.15) is 24.5 Å². The zero-order chi connectivity index (χ0) is 26.0. The Morgan fingerprint density at radius 2 is 1.78 bits per heavy atom. The lowest BCUT2D eigenvalue weighted by atomic mass is 9.84. The van der Waals surface area contributed by atoms with Crippen LogP contribution >= 0.6 is 0 Å². The molecule has 1 N–H and O–H groups in total. The van der Waals surface area contributed by atoms with E-state index in [-0.39, 0.29) is 0 Å². The van der Waals surface area contributed by atoms with E-state index in [4.69, 9.17) is 18.9 Å². The van der Waals surface area contributed by atoms with Gasteiger partial charge in [-0.2, -0.15) is 8.78 Å². The molecule has 1 aliphatic carbocycles. The number of allylic oxidation sites excluding steroid dienone is 2. The van der Waals surface area contributed by atoms with Crippen molar-refractivity contribution in [1.29, 1.82) is 0 Å². The second-order valence-corrected chi connectivity index (χ2v) is 8.86. The standard InChI is InChI=1S/C30H29F2NO4/c1-4-33-30(37-29(31)32)15-6-5-9-24(30)20-11-13-23-21(16-20)18-36-26-10-7-8-22(28(23)26)19-12-14-25(34-2)27(17-19)35-3/h5-14,16-17,29,33H,4,15,18H2,1-3H3. The average Bonchev–Trinajstić information content (AvgIpc) is 2.91. The molecule has 1 heterocycles. The van der Waals surface area contributed by atoms with E-state index in [1.165, 1.54) is 0 Å². The molecule has 3 aromatic rings. The number of ether oxygens (including phenoxy) is 4. The van der Waals surface area contributed by atoms with Crippen molar-refractivity contribution in [3.8, 4) is 39.5 Å². The predicted octanol–water partition coefficient (Wildman–Crippen LogP) is 6.82. The van der Waals surface area contributed by atoms with Crippen molar-refractivity contribution >= 4 is 5.57 Å². The summed E-state index contributed by atoms with van der Waals surface area (Å²) in [7, 11) is 3.22. The van der Waals surface area contributed by atoms with Gasteiger partial charge in [-0.25, -0.2) is 0 Å². The zero-order valence-electron chi connectivity index (χ0n) is 21.0. The van der Waals surface area contributed by atoms with Crippen LogP contribution in [0.25, 0.3) is 27.8 Å². The minimum Gasteiger partial charge on any atom is -0.493 e. The number of hydrogen-bond acceptors (Lipinski definition) is 5. The Morgan fingerprint density at radius 1 is 0.973 bits per heavy atom. The smallest absolute Gasteiger partial charge is 0.347 e. The Labute approximate surface area is 215 Å². The summed E-state index contributed by atoms with van der Waals surface area (Å²) in [6, 6.07) is 17.8. The normalized spacial score (nSPS) is 18.1. The molecule has 0 saturated heterocycles. The van der Waals surface area contributed by atoms with Crippen LogP contribution in [0.3, 0.4) is 0 Å². The number of alkyl halides is 2. The van der Waals surface area contributed by atoms with Crippen LogP contribution in [0.2, 0.25) is 0 Å². The van der Waals surface area contributed by atoms with E-state index in [1.54, 1.807) is 14.2 Å². The summed E-state index contributed by atoms with van der Waals surface area (Å²) < 4.78 is 49.2. The van der Waals surface area contributed by atoms with Gasteiger partial charge in [0.2, 0.25) is 0 Å². The molecule has 0 spiro atoms. The van der Waals surface area contributed by atoms with Gasteiger partial charge >= 0.3 is 6.61 Å². The van der Waals surface area contributed by atoms with Gasteiger partial charge in [0.05, 0.1) is 14.2 Å². The fourth-order valence-corrected chi connectivity index (χ4v) is 5.18. The SMILES string of the molecule is CCNC1(OC(F)F)CC=CC=C1c1ccc2c(c1)COc1cccc(-c3ccc(OC)c(OC)c3)c1-2. The molecule has 5 rings (SSSR count). The van der Waals surface area contributed by atoms with Gasteiger partial charge in [0.1, 0.15) is 12.4 Å². The Hall–Kier alpha value is -3.68. The first-order valence-electron chi connectivity index (χ1n) is 12.2. The van der Waals surface area contributed by atoms with Gasteiger partial charge < -0.3 is 14.2 Å². The maximum Gasteiger partial charge on any atom is 0.347 e. The minimum absolute atomic E-state index is 0.302. The van der Waals surface area contributed by atoms with Gasteiger partial charge in [0.15, 0.2) is 17.2 Å². The number of hydrogen-bond donors (Lipinski definition) is 1. The number of methoxy groups -OCH3 is 2. The van der Waals surface area contributed by atoms with Crippen LogP contribution in [-0.4, -0.2) is 33.1 Å². The highest BCUT2D eigenvalue weighted by atomic mass is 19.3. The minimum atomic E-state index is -2.91. The zero-order valence-corrected chi connectivity index (χ0v) is 21.0. The lowest BCUT2D eigenvalue weighted by Crippen LogP contribution is -2.50. The average molecular weight is 506 g/mol. The lowest BCUT2D eigenvalue weighted by molar-refractivity contribution is -0.196. The Bertz CT molecular complexity index is 1370. The van der Waals surface area contributed by atoms with Crippen molar-refractivity contribution in [3.05, 3.63) is 84.0 Å². The first-order valence-corrected chi connectivity index (χ1v) is 12.2. The summed E-state index contributed by atoms with van der Waals surface area (Å²) in [5, 5.41) is 3.15. The number of benzene rings is 3. The largest absolute Gasteiger partial charge is 0.493 e. The van der Waals surface area contributed by atoms with E-state index >= 15 is 0 Å². The van der Waals surface area contributed by atoms with Crippen molar-refractivity contribution < 1.29 is 27.7 Å². The third kappa shape index (κ3) is 4.61. The summed E-state index contributed by atoms with van der Waals surface area (Å²) in [4.78, 5) is 0. The number of likely N-dealkylation sites (N-methyl/N-ethyl adjacent to an activating group) is 1. The summed E-state index contributed by atoms with van der Waals surface area (Å²) in [6.07, 6.45) is 5.85. The molecule has 1 atom stereocenters. The van der Waals surface area contributed by atoms with Crippen molar-refractivity contribution in [1.82, 2.24) is 5.32 Å². The summed E-state index contributed by atoms with van der Waals surface area (Å²) in [5.41, 5.74) is 5.11. The summed E-state index contributed by atoms with van der Waals surface area (Å²) in [6.45, 7) is -0.183. The summed E-state index contributed by atoms with van der Waals surface area (Å²) in [5.74, 6) is 2.08. The van der Waals surface area contributed by atoms with Crippen molar-refractivity contribution in [2.45, 2.75) is 32.3 Å². The molecule has 5 nitrogen and oxygen atoms in total. The van der Waals surface area contributed by atoms with Gasteiger partial charge in [-0.3, -0.25) is 10.1 Å². The number of halogens is 2. The molecule has 0 saturated carbocycles. The molecule has 1 aliphatic heterocycles. The third-order valence-electron chi connectivity index (χ3n) is 6.78. The summed E-state index contributed by atoms with van der Waals surface area (Å²) >= 11 is 0. The number of nitrogens with one attached hydrogen (secondary N) is 1. The fourth-order valence-electron chi connectivity index (χ4n) is 5.18. The van der Waals surface area contributed by atoms with E-state index in [9.17, 15) is 8.78 Å². The second-order valence-electron chi connectivity index (χ2n) is 8.86. The molecular weight excluding hydrogens is 476 g/mol. The predicted molar refractivity (Wildman–Crippen MR) is 140 cm³/mol. The lowest BCUT2D eigenvalue weighted by Gasteiger charge is -2.38.